The summed E-state index contributed by atoms with van der Waals surface area (Å²) in [6.45, 7) is 3.81. The van der Waals surface area contributed by atoms with Crippen molar-refractivity contribution in [1.82, 2.24) is 0 Å². The maximum atomic E-state index is 12.5. The molecule has 0 spiro atoms. The fraction of sp³-hybridized carbons (Fsp3) is 0.391. The number of methoxy groups -OCH3 is 2. The third-order valence-corrected chi connectivity index (χ3v) is 4.63. The third-order valence-electron chi connectivity index (χ3n) is 4.63. The van der Waals surface area contributed by atoms with Crippen LogP contribution >= 0.6 is 0 Å². The van der Waals surface area contributed by atoms with E-state index in [9.17, 15) is 9.59 Å². The van der Waals surface area contributed by atoms with E-state index in [1.54, 1.807) is 28.1 Å². The van der Waals surface area contributed by atoms with Crippen LogP contribution in [-0.2, 0) is 19.1 Å². The van der Waals surface area contributed by atoms with E-state index in [1.165, 1.54) is 0 Å². The minimum absolute atomic E-state index is 0.196. The van der Waals surface area contributed by atoms with Crippen molar-refractivity contribution in [2.45, 2.75) is 26.2 Å². The topological polar surface area (TPSA) is 71.1 Å². The van der Waals surface area contributed by atoms with Crippen molar-refractivity contribution >= 4 is 11.9 Å². The summed E-state index contributed by atoms with van der Waals surface area (Å²) in [6.07, 6.45) is 0.219. The highest BCUT2D eigenvalue weighted by molar-refractivity contribution is 5.95. The van der Waals surface area contributed by atoms with Gasteiger partial charge in [-0.2, -0.15) is 0 Å². The van der Waals surface area contributed by atoms with E-state index in [0.717, 1.165) is 11.1 Å². The van der Waals surface area contributed by atoms with Crippen LogP contribution in [0.1, 0.15) is 37.3 Å². The summed E-state index contributed by atoms with van der Waals surface area (Å²) in [4.78, 5) is 25.0. The van der Waals surface area contributed by atoms with Gasteiger partial charge < -0.3 is 18.9 Å². The van der Waals surface area contributed by atoms with Crippen LogP contribution in [0.2, 0.25) is 0 Å². The number of hydrogen-bond acceptors (Lipinski definition) is 6. The second kappa shape index (κ2) is 11.1. The third kappa shape index (κ3) is 5.73. The summed E-state index contributed by atoms with van der Waals surface area (Å²) < 4.78 is 21.0. The molecule has 29 heavy (non-hydrogen) atoms. The van der Waals surface area contributed by atoms with E-state index in [0.29, 0.717) is 11.5 Å². The molecule has 2 rings (SSSR count). The van der Waals surface area contributed by atoms with Gasteiger partial charge in [0.1, 0.15) is 0 Å². The van der Waals surface area contributed by atoms with Gasteiger partial charge in [0.05, 0.1) is 27.4 Å². The Morgan fingerprint density at radius 1 is 0.793 bits per heavy atom. The quantitative estimate of drug-likeness (QED) is 0.444. The molecule has 0 saturated heterocycles. The van der Waals surface area contributed by atoms with E-state index in [1.807, 2.05) is 48.5 Å². The van der Waals surface area contributed by atoms with Crippen LogP contribution in [0.25, 0.3) is 0 Å². The normalized spacial score (nSPS) is 11.6. The standard InChI is InChI=1S/C23H28O6/c1-5-28-22(24)19(23(25)29-6-2)15-18(16-10-8-7-9-11-16)17-12-13-20(26-3)21(14-17)27-4/h7-14,18-19H,5-6,15H2,1-4H3. The maximum Gasteiger partial charge on any atom is 0.320 e. The molecule has 0 bridgehead atoms. The van der Waals surface area contributed by atoms with Gasteiger partial charge in [-0.1, -0.05) is 36.4 Å². The molecule has 1 unspecified atom stereocenters. The average molecular weight is 400 g/mol. The minimum Gasteiger partial charge on any atom is -0.493 e. The molecular weight excluding hydrogens is 372 g/mol. The Balaban J connectivity index is 2.47. The van der Waals surface area contributed by atoms with Crippen LogP contribution in [0, 0.1) is 5.92 Å². The van der Waals surface area contributed by atoms with Crippen LogP contribution in [0.3, 0.4) is 0 Å². The van der Waals surface area contributed by atoms with Crippen LogP contribution in [0.5, 0.6) is 11.5 Å². The largest absolute Gasteiger partial charge is 0.493 e. The fourth-order valence-corrected chi connectivity index (χ4v) is 3.23. The summed E-state index contributed by atoms with van der Waals surface area (Å²) in [5.41, 5.74) is 1.87. The van der Waals surface area contributed by atoms with Crippen molar-refractivity contribution in [1.29, 1.82) is 0 Å². The van der Waals surface area contributed by atoms with Crippen LogP contribution in [0.15, 0.2) is 48.5 Å². The lowest BCUT2D eigenvalue weighted by Gasteiger charge is -2.23. The van der Waals surface area contributed by atoms with Gasteiger partial charge in [0, 0.05) is 5.92 Å². The molecule has 0 aromatic heterocycles. The molecule has 0 N–H and O–H groups in total. The zero-order valence-electron chi connectivity index (χ0n) is 17.3. The number of benzene rings is 2. The van der Waals surface area contributed by atoms with Gasteiger partial charge in [-0.05, 0) is 43.5 Å². The zero-order chi connectivity index (χ0) is 21.2. The number of carbonyl (C=O) groups excluding carboxylic acids is 2. The monoisotopic (exact) mass is 400 g/mol. The van der Waals surface area contributed by atoms with Crippen LogP contribution in [-0.4, -0.2) is 39.4 Å². The van der Waals surface area contributed by atoms with E-state index in [4.69, 9.17) is 18.9 Å². The summed E-state index contributed by atoms with van der Waals surface area (Å²) in [5.74, 6) is -1.23. The molecule has 0 amide bonds. The molecule has 2 aromatic carbocycles. The van der Waals surface area contributed by atoms with E-state index in [2.05, 4.69) is 0 Å². The Bertz CT molecular complexity index is 784. The van der Waals surface area contributed by atoms with E-state index >= 15 is 0 Å². The van der Waals surface area contributed by atoms with E-state index < -0.39 is 17.9 Å². The summed E-state index contributed by atoms with van der Waals surface area (Å²) in [6, 6.07) is 15.3. The lowest BCUT2D eigenvalue weighted by atomic mass is 9.83. The van der Waals surface area contributed by atoms with Gasteiger partial charge in [-0.3, -0.25) is 9.59 Å². The number of ether oxygens (including phenoxy) is 4. The molecule has 6 heteroatoms. The summed E-state index contributed by atoms with van der Waals surface area (Å²) in [7, 11) is 3.14. The molecule has 0 heterocycles. The molecule has 6 nitrogen and oxygen atoms in total. The first-order valence-electron chi connectivity index (χ1n) is 9.65. The molecule has 0 aliphatic rings. The molecule has 0 fully saturated rings. The molecule has 1 atom stereocenters. The Morgan fingerprint density at radius 3 is 1.90 bits per heavy atom. The lowest BCUT2D eigenvalue weighted by molar-refractivity contribution is -0.162. The van der Waals surface area contributed by atoms with Crippen molar-refractivity contribution < 1.29 is 28.5 Å². The van der Waals surface area contributed by atoms with Gasteiger partial charge >= 0.3 is 11.9 Å². The van der Waals surface area contributed by atoms with Crippen molar-refractivity contribution in [3.8, 4) is 11.5 Å². The van der Waals surface area contributed by atoms with Crippen LogP contribution < -0.4 is 9.47 Å². The van der Waals surface area contributed by atoms with Crippen molar-refractivity contribution in [3.05, 3.63) is 59.7 Å². The summed E-state index contributed by atoms with van der Waals surface area (Å²) in [5, 5.41) is 0. The minimum atomic E-state index is -1.02. The van der Waals surface area contributed by atoms with Crippen molar-refractivity contribution in [2.24, 2.45) is 5.92 Å². The highest BCUT2D eigenvalue weighted by Crippen LogP contribution is 2.37. The Morgan fingerprint density at radius 2 is 1.38 bits per heavy atom. The second-order valence-electron chi connectivity index (χ2n) is 6.37. The Labute approximate surface area is 171 Å². The second-order valence-corrected chi connectivity index (χ2v) is 6.37. The zero-order valence-corrected chi connectivity index (χ0v) is 17.3. The molecule has 0 aliphatic carbocycles. The first-order valence-corrected chi connectivity index (χ1v) is 9.65. The molecule has 0 radical (unpaired) electrons. The molecule has 0 saturated carbocycles. The first kappa shape index (κ1) is 22.3. The molecule has 0 aliphatic heterocycles. The SMILES string of the molecule is CCOC(=O)C(CC(c1ccccc1)c1ccc(OC)c(OC)c1)C(=O)OCC. The Hall–Kier alpha value is -3.02. The highest BCUT2D eigenvalue weighted by Gasteiger charge is 2.33. The van der Waals surface area contributed by atoms with Gasteiger partial charge in [0.2, 0.25) is 0 Å². The average Bonchev–Trinajstić information content (AvgIpc) is 2.74. The van der Waals surface area contributed by atoms with Gasteiger partial charge in [0.25, 0.3) is 0 Å². The van der Waals surface area contributed by atoms with E-state index in [-0.39, 0.29) is 25.6 Å². The number of esters is 2. The maximum absolute atomic E-state index is 12.5. The van der Waals surface area contributed by atoms with Gasteiger partial charge in [-0.25, -0.2) is 0 Å². The highest BCUT2D eigenvalue weighted by atomic mass is 16.6. The molecular formula is C23H28O6. The number of rotatable bonds is 10. The van der Waals surface area contributed by atoms with Crippen molar-refractivity contribution in [3.63, 3.8) is 0 Å². The van der Waals surface area contributed by atoms with Crippen LogP contribution in [0.4, 0.5) is 0 Å². The number of carbonyl (C=O) groups is 2. The fourth-order valence-electron chi connectivity index (χ4n) is 3.23. The number of hydrogen-bond donors (Lipinski definition) is 0. The Kier molecular flexibility index (Phi) is 8.52. The lowest BCUT2D eigenvalue weighted by Crippen LogP contribution is -2.30. The first-order chi connectivity index (χ1) is 14.0. The molecule has 2 aromatic rings. The smallest absolute Gasteiger partial charge is 0.320 e. The van der Waals surface area contributed by atoms with Crippen molar-refractivity contribution in [2.75, 3.05) is 27.4 Å². The predicted octanol–water partition coefficient (Wildman–Crippen LogP) is 3.97. The summed E-state index contributed by atoms with van der Waals surface area (Å²) >= 11 is 0. The predicted molar refractivity (Wildman–Crippen MR) is 109 cm³/mol. The molecule has 156 valence electrons. The van der Waals surface area contributed by atoms with Gasteiger partial charge in [-0.15, -0.1) is 0 Å². The van der Waals surface area contributed by atoms with Gasteiger partial charge in [0.15, 0.2) is 17.4 Å².